The van der Waals surface area contributed by atoms with E-state index in [1.54, 1.807) is 18.2 Å². The minimum atomic E-state index is -3.32. The number of likely N-dealkylation sites (tertiary alicyclic amines) is 1. The quantitative estimate of drug-likeness (QED) is 0.837. The van der Waals surface area contributed by atoms with E-state index >= 15 is 0 Å². The second kappa shape index (κ2) is 6.66. The van der Waals surface area contributed by atoms with Crippen LogP contribution in [0.1, 0.15) is 18.9 Å². The molecule has 2 unspecified atom stereocenters. The summed E-state index contributed by atoms with van der Waals surface area (Å²) in [4.78, 5) is 14.3. The average molecular weight is 325 g/mol. The highest BCUT2D eigenvalue weighted by Crippen LogP contribution is 2.23. The molecule has 0 saturated carbocycles. The second-order valence-electron chi connectivity index (χ2n) is 5.98. The molecule has 1 amide bonds. The van der Waals surface area contributed by atoms with Crippen molar-refractivity contribution in [3.8, 4) is 0 Å². The summed E-state index contributed by atoms with van der Waals surface area (Å²) in [5, 5.41) is 0. The fourth-order valence-corrected chi connectivity index (χ4v) is 3.45. The van der Waals surface area contributed by atoms with E-state index in [0.717, 1.165) is 18.2 Å². The number of nitrogens with zero attached hydrogens (tertiary/aromatic N) is 1. The van der Waals surface area contributed by atoms with Gasteiger partial charge in [-0.2, -0.15) is 0 Å². The van der Waals surface area contributed by atoms with E-state index in [9.17, 15) is 13.2 Å². The second-order valence-corrected chi connectivity index (χ2v) is 7.73. The van der Waals surface area contributed by atoms with Gasteiger partial charge in [0.25, 0.3) is 0 Å². The molecule has 1 aliphatic rings. The lowest BCUT2D eigenvalue weighted by atomic mass is 10.1. The number of carbonyl (C=O) groups excluding carboxylic acids is 1. The first-order chi connectivity index (χ1) is 10.3. The molecule has 7 heteroatoms. The number of anilines is 1. The van der Waals surface area contributed by atoms with Gasteiger partial charge in [0.15, 0.2) is 0 Å². The molecule has 1 aliphatic heterocycles. The average Bonchev–Trinajstić information content (AvgIpc) is 2.78. The third-order valence-corrected chi connectivity index (χ3v) is 4.51. The highest BCUT2D eigenvalue weighted by Gasteiger charge is 2.31. The van der Waals surface area contributed by atoms with Gasteiger partial charge >= 0.3 is 0 Å². The molecule has 0 spiro atoms. The molecular weight excluding hydrogens is 302 g/mol. The summed E-state index contributed by atoms with van der Waals surface area (Å²) in [6, 6.07) is 7.13. The predicted molar refractivity (Wildman–Crippen MR) is 86.9 cm³/mol. The molecule has 0 aliphatic carbocycles. The molecule has 1 saturated heterocycles. The normalized spacial score (nSPS) is 21.9. The minimum Gasteiger partial charge on any atom is -0.339 e. The van der Waals surface area contributed by atoms with E-state index in [1.165, 1.54) is 0 Å². The van der Waals surface area contributed by atoms with Crippen molar-refractivity contribution in [2.75, 3.05) is 24.1 Å². The fourth-order valence-electron chi connectivity index (χ4n) is 2.90. The monoisotopic (exact) mass is 325 g/mol. The van der Waals surface area contributed by atoms with Gasteiger partial charge in [0.1, 0.15) is 0 Å². The van der Waals surface area contributed by atoms with Gasteiger partial charge in [-0.25, -0.2) is 8.42 Å². The third kappa shape index (κ3) is 4.45. The molecule has 0 aromatic heterocycles. The summed E-state index contributed by atoms with van der Waals surface area (Å²) in [6.07, 6.45) is 2.31. The predicted octanol–water partition coefficient (Wildman–Crippen LogP) is 0.796. The van der Waals surface area contributed by atoms with Crippen LogP contribution in [-0.2, 0) is 21.2 Å². The number of benzene rings is 1. The number of nitrogens with one attached hydrogen (secondary N) is 1. The first kappa shape index (κ1) is 16.8. The van der Waals surface area contributed by atoms with Gasteiger partial charge in [-0.15, -0.1) is 0 Å². The zero-order chi connectivity index (χ0) is 16.3. The van der Waals surface area contributed by atoms with Gasteiger partial charge in [-0.3, -0.25) is 9.52 Å². The molecule has 1 fully saturated rings. The summed E-state index contributed by atoms with van der Waals surface area (Å²) >= 11 is 0. The molecule has 2 atom stereocenters. The number of sulfonamides is 1. The van der Waals surface area contributed by atoms with E-state index in [1.807, 2.05) is 17.9 Å². The van der Waals surface area contributed by atoms with Crippen LogP contribution >= 0.6 is 0 Å². The Balaban J connectivity index is 2.04. The van der Waals surface area contributed by atoms with Gasteiger partial charge in [0.2, 0.25) is 15.9 Å². The summed E-state index contributed by atoms with van der Waals surface area (Å²) in [7, 11) is -3.32. The molecule has 3 N–H and O–H groups in total. The van der Waals surface area contributed by atoms with Crippen molar-refractivity contribution in [2.24, 2.45) is 11.7 Å². The van der Waals surface area contributed by atoms with Crippen molar-refractivity contribution < 1.29 is 13.2 Å². The lowest BCUT2D eigenvalue weighted by molar-refractivity contribution is -0.131. The van der Waals surface area contributed by atoms with Crippen molar-refractivity contribution in [3.63, 3.8) is 0 Å². The molecule has 1 heterocycles. The van der Waals surface area contributed by atoms with Crippen molar-refractivity contribution in [2.45, 2.75) is 25.8 Å². The zero-order valence-corrected chi connectivity index (χ0v) is 13.8. The number of amides is 1. The highest BCUT2D eigenvalue weighted by atomic mass is 32.2. The smallest absolute Gasteiger partial charge is 0.229 e. The largest absolute Gasteiger partial charge is 0.339 e. The van der Waals surface area contributed by atoms with Gasteiger partial charge in [-0.1, -0.05) is 12.1 Å². The van der Waals surface area contributed by atoms with Crippen LogP contribution in [0.15, 0.2) is 24.3 Å². The third-order valence-electron chi connectivity index (χ3n) is 3.90. The molecule has 1 aromatic carbocycles. The van der Waals surface area contributed by atoms with Crippen molar-refractivity contribution in [1.29, 1.82) is 0 Å². The number of rotatable bonds is 5. The van der Waals surface area contributed by atoms with E-state index in [0.29, 0.717) is 24.7 Å². The maximum atomic E-state index is 12.4. The van der Waals surface area contributed by atoms with Crippen LogP contribution in [0.5, 0.6) is 0 Å². The molecule has 2 rings (SSSR count). The fraction of sp³-hybridized carbons (Fsp3) is 0.533. The first-order valence-corrected chi connectivity index (χ1v) is 9.24. The van der Waals surface area contributed by atoms with Crippen LogP contribution in [0.2, 0.25) is 0 Å². The Labute approximate surface area is 131 Å². The molecule has 22 heavy (non-hydrogen) atoms. The molecule has 6 nitrogen and oxygen atoms in total. The van der Waals surface area contributed by atoms with Crippen LogP contribution in [0, 0.1) is 5.92 Å². The molecule has 122 valence electrons. The van der Waals surface area contributed by atoms with Gasteiger partial charge < -0.3 is 10.6 Å². The zero-order valence-electron chi connectivity index (χ0n) is 13.0. The Kier molecular flexibility index (Phi) is 5.08. The van der Waals surface area contributed by atoms with E-state index in [4.69, 9.17) is 5.73 Å². The number of hydrogen-bond donors (Lipinski definition) is 2. The Bertz CT molecular complexity index is 645. The summed E-state index contributed by atoms with van der Waals surface area (Å²) in [5.41, 5.74) is 6.95. The van der Waals surface area contributed by atoms with Crippen molar-refractivity contribution in [1.82, 2.24) is 4.90 Å². The number of carbonyl (C=O) groups is 1. The summed E-state index contributed by atoms with van der Waals surface area (Å²) in [6.45, 7) is 3.34. The van der Waals surface area contributed by atoms with Crippen LogP contribution in [0.25, 0.3) is 0 Å². The Morgan fingerprint density at radius 3 is 2.77 bits per heavy atom. The standard InChI is InChI=1S/C15H23N3O3S/c1-11-6-13(9-16)10-18(11)15(19)8-12-4-3-5-14(7-12)17-22(2,20)21/h3-5,7,11,13,17H,6,8-10,16H2,1-2H3. The summed E-state index contributed by atoms with van der Waals surface area (Å²) < 4.78 is 24.9. The Morgan fingerprint density at radius 2 is 2.18 bits per heavy atom. The topological polar surface area (TPSA) is 92.5 Å². The lowest BCUT2D eigenvalue weighted by Crippen LogP contribution is -2.35. The lowest BCUT2D eigenvalue weighted by Gasteiger charge is -2.21. The van der Waals surface area contributed by atoms with Crippen molar-refractivity contribution >= 4 is 21.6 Å². The van der Waals surface area contributed by atoms with Gasteiger partial charge in [-0.05, 0) is 43.5 Å². The van der Waals surface area contributed by atoms with Crippen LogP contribution < -0.4 is 10.5 Å². The molecule has 0 radical (unpaired) electrons. The Morgan fingerprint density at radius 1 is 1.45 bits per heavy atom. The molecule has 1 aromatic rings. The van der Waals surface area contributed by atoms with E-state index in [-0.39, 0.29) is 18.4 Å². The highest BCUT2D eigenvalue weighted by molar-refractivity contribution is 7.92. The van der Waals surface area contributed by atoms with Crippen molar-refractivity contribution in [3.05, 3.63) is 29.8 Å². The van der Waals surface area contributed by atoms with Crippen LogP contribution in [-0.4, -0.2) is 44.6 Å². The number of hydrogen-bond acceptors (Lipinski definition) is 4. The van der Waals surface area contributed by atoms with Crippen LogP contribution in [0.4, 0.5) is 5.69 Å². The van der Waals surface area contributed by atoms with Crippen LogP contribution in [0.3, 0.4) is 0 Å². The van der Waals surface area contributed by atoms with E-state index in [2.05, 4.69) is 4.72 Å². The van der Waals surface area contributed by atoms with Gasteiger partial charge in [0, 0.05) is 18.3 Å². The molecule has 0 bridgehead atoms. The molecular formula is C15H23N3O3S. The van der Waals surface area contributed by atoms with Gasteiger partial charge in [0.05, 0.1) is 12.7 Å². The maximum Gasteiger partial charge on any atom is 0.229 e. The number of nitrogens with two attached hydrogens (primary N) is 1. The Hall–Kier alpha value is -1.60. The first-order valence-electron chi connectivity index (χ1n) is 7.34. The minimum absolute atomic E-state index is 0.0555. The maximum absolute atomic E-state index is 12.4. The SMILES string of the molecule is CC1CC(CN)CN1C(=O)Cc1cccc(NS(C)(=O)=O)c1. The van der Waals surface area contributed by atoms with E-state index < -0.39 is 10.0 Å². The summed E-state index contributed by atoms with van der Waals surface area (Å²) in [5.74, 6) is 0.428.